The van der Waals surface area contributed by atoms with Crippen molar-refractivity contribution in [2.75, 3.05) is 6.61 Å². The molecule has 2 atom stereocenters. The smallest absolute Gasteiger partial charge is 0.123 e. The van der Waals surface area contributed by atoms with Crippen molar-refractivity contribution in [2.24, 2.45) is 11.8 Å². The van der Waals surface area contributed by atoms with Crippen molar-refractivity contribution in [1.82, 2.24) is 0 Å². The van der Waals surface area contributed by atoms with Crippen molar-refractivity contribution < 1.29 is 9.84 Å². The van der Waals surface area contributed by atoms with Gasteiger partial charge >= 0.3 is 0 Å². The first-order valence-electron chi connectivity index (χ1n) is 6.95. The maximum Gasteiger partial charge on any atom is 0.123 e. The number of aliphatic hydroxyl groups is 1. The van der Waals surface area contributed by atoms with E-state index in [-0.39, 0.29) is 12.7 Å². The molecule has 18 heavy (non-hydrogen) atoms. The molecule has 2 unspecified atom stereocenters. The Morgan fingerprint density at radius 2 is 2.17 bits per heavy atom. The van der Waals surface area contributed by atoms with Gasteiger partial charge in [0, 0.05) is 13.0 Å². The third-order valence-electron chi connectivity index (χ3n) is 3.62. The Labute approximate surface area is 110 Å². The summed E-state index contributed by atoms with van der Waals surface area (Å²) in [7, 11) is 0. The summed E-state index contributed by atoms with van der Waals surface area (Å²) in [5, 5.41) is 9.44. The lowest BCUT2D eigenvalue weighted by molar-refractivity contribution is 0.137. The highest BCUT2D eigenvalue weighted by atomic mass is 16.5. The molecule has 1 aliphatic rings. The van der Waals surface area contributed by atoms with Crippen molar-refractivity contribution in [3.05, 3.63) is 29.3 Å². The van der Waals surface area contributed by atoms with Gasteiger partial charge in [0.25, 0.3) is 0 Å². The van der Waals surface area contributed by atoms with Gasteiger partial charge in [-0.3, -0.25) is 0 Å². The Balaban J connectivity index is 1.94. The lowest BCUT2D eigenvalue weighted by Crippen LogP contribution is -2.21. The van der Waals surface area contributed by atoms with Crippen molar-refractivity contribution >= 4 is 0 Å². The standard InChI is InChI=1S/C16H24O2/c1-11(2)6-13(10-17)8-15-9-14-7-12(3)4-5-16(14)18-15/h4-5,7,11,13,15,17H,6,8-10H2,1-3H3. The lowest BCUT2D eigenvalue weighted by Gasteiger charge is -2.20. The van der Waals surface area contributed by atoms with Crippen LogP contribution < -0.4 is 4.74 Å². The minimum Gasteiger partial charge on any atom is -0.490 e. The Hall–Kier alpha value is -1.02. The molecule has 0 saturated heterocycles. The van der Waals surface area contributed by atoms with E-state index in [1.165, 1.54) is 11.1 Å². The highest BCUT2D eigenvalue weighted by Gasteiger charge is 2.25. The quantitative estimate of drug-likeness (QED) is 0.866. The van der Waals surface area contributed by atoms with Gasteiger partial charge in [-0.2, -0.15) is 0 Å². The van der Waals surface area contributed by atoms with Crippen LogP contribution in [0.25, 0.3) is 0 Å². The molecule has 0 radical (unpaired) electrons. The minimum absolute atomic E-state index is 0.248. The summed E-state index contributed by atoms with van der Waals surface area (Å²) in [5.74, 6) is 2.03. The molecular weight excluding hydrogens is 224 g/mol. The fourth-order valence-corrected chi connectivity index (χ4v) is 2.86. The van der Waals surface area contributed by atoms with Crippen LogP contribution in [0, 0.1) is 18.8 Å². The molecule has 1 aliphatic heterocycles. The molecule has 0 aromatic heterocycles. The number of fused-ring (bicyclic) bond motifs is 1. The van der Waals surface area contributed by atoms with E-state index >= 15 is 0 Å². The van der Waals surface area contributed by atoms with E-state index in [4.69, 9.17) is 4.74 Å². The van der Waals surface area contributed by atoms with Crippen LogP contribution in [0.3, 0.4) is 0 Å². The highest BCUT2D eigenvalue weighted by molar-refractivity contribution is 5.40. The third-order valence-corrected chi connectivity index (χ3v) is 3.62. The zero-order chi connectivity index (χ0) is 13.1. The molecule has 0 fully saturated rings. The van der Waals surface area contributed by atoms with Crippen molar-refractivity contribution in [1.29, 1.82) is 0 Å². The number of hydrogen-bond donors (Lipinski definition) is 1. The Morgan fingerprint density at radius 1 is 1.39 bits per heavy atom. The maximum absolute atomic E-state index is 9.44. The van der Waals surface area contributed by atoms with Gasteiger partial charge in [0.1, 0.15) is 11.9 Å². The number of hydrogen-bond acceptors (Lipinski definition) is 2. The summed E-state index contributed by atoms with van der Waals surface area (Å²) in [6, 6.07) is 6.38. The third kappa shape index (κ3) is 3.26. The zero-order valence-electron chi connectivity index (χ0n) is 11.6. The first-order chi connectivity index (χ1) is 8.58. The molecule has 0 aliphatic carbocycles. The second kappa shape index (κ2) is 5.75. The molecule has 1 N–H and O–H groups in total. The van der Waals surface area contributed by atoms with Crippen LogP contribution >= 0.6 is 0 Å². The number of aliphatic hydroxyl groups excluding tert-OH is 1. The van der Waals surface area contributed by atoms with Crippen LogP contribution in [0.15, 0.2) is 18.2 Å². The number of rotatable bonds is 5. The zero-order valence-corrected chi connectivity index (χ0v) is 11.6. The van der Waals surface area contributed by atoms with Gasteiger partial charge in [-0.1, -0.05) is 31.5 Å². The monoisotopic (exact) mass is 248 g/mol. The van der Waals surface area contributed by atoms with E-state index in [1.807, 2.05) is 0 Å². The fraction of sp³-hybridized carbons (Fsp3) is 0.625. The summed E-state index contributed by atoms with van der Waals surface area (Å²) in [6.45, 7) is 6.79. The van der Waals surface area contributed by atoms with Gasteiger partial charge in [0.15, 0.2) is 0 Å². The fourth-order valence-electron chi connectivity index (χ4n) is 2.86. The lowest BCUT2D eigenvalue weighted by atomic mass is 9.91. The largest absolute Gasteiger partial charge is 0.490 e. The molecule has 2 rings (SSSR count). The number of benzene rings is 1. The second-order valence-corrected chi connectivity index (χ2v) is 5.97. The number of ether oxygens (including phenoxy) is 1. The molecule has 1 heterocycles. The van der Waals surface area contributed by atoms with E-state index in [9.17, 15) is 5.11 Å². The summed E-state index contributed by atoms with van der Waals surface area (Å²) in [4.78, 5) is 0. The van der Waals surface area contributed by atoms with Crippen LogP contribution in [-0.4, -0.2) is 17.8 Å². The molecule has 1 aromatic carbocycles. The van der Waals surface area contributed by atoms with Crippen LogP contribution in [0.4, 0.5) is 0 Å². The molecule has 0 spiro atoms. The average Bonchev–Trinajstić information content (AvgIpc) is 2.68. The van der Waals surface area contributed by atoms with Crippen molar-refractivity contribution in [3.63, 3.8) is 0 Å². The molecule has 1 aromatic rings. The van der Waals surface area contributed by atoms with Gasteiger partial charge in [-0.15, -0.1) is 0 Å². The van der Waals surface area contributed by atoms with Crippen molar-refractivity contribution in [3.8, 4) is 5.75 Å². The van der Waals surface area contributed by atoms with Gasteiger partial charge in [0.05, 0.1) is 0 Å². The Kier molecular flexibility index (Phi) is 4.28. The van der Waals surface area contributed by atoms with Crippen molar-refractivity contribution in [2.45, 2.75) is 46.1 Å². The van der Waals surface area contributed by atoms with E-state index in [0.717, 1.165) is 25.0 Å². The SMILES string of the molecule is Cc1ccc2c(c1)CC(CC(CO)CC(C)C)O2. The van der Waals surface area contributed by atoms with Crippen LogP contribution in [0.2, 0.25) is 0 Å². The molecule has 0 saturated carbocycles. The topological polar surface area (TPSA) is 29.5 Å². The molecular formula is C16H24O2. The highest BCUT2D eigenvalue weighted by Crippen LogP contribution is 2.32. The summed E-state index contributed by atoms with van der Waals surface area (Å²) in [6.07, 6.45) is 3.28. The van der Waals surface area contributed by atoms with Gasteiger partial charge in [0.2, 0.25) is 0 Å². The van der Waals surface area contributed by atoms with E-state index < -0.39 is 0 Å². The van der Waals surface area contributed by atoms with E-state index in [2.05, 4.69) is 39.0 Å². The Bertz CT molecular complexity index is 398. The average molecular weight is 248 g/mol. The second-order valence-electron chi connectivity index (χ2n) is 5.97. The van der Waals surface area contributed by atoms with E-state index in [0.29, 0.717) is 11.8 Å². The molecule has 2 heteroatoms. The first kappa shape index (κ1) is 13.4. The normalized spacial score (nSPS) is 19.7. The van der Waals surface area contributed by atoms with Gasteiger partial charge in [-0.05, 0) is 43.2 Å². The molecule has 0 bridgehead atoms. The molecule has 0 amide bonds. The predicted octanol–water partition coefficient (Wildman–Crippen LogP) is 3.34. The maximum atomic E-state index is 9.44. The molecule has 2 nitrogen and oxygen atoms in total. The summed E-state index contributed by atoms with van der Waals surface area (Å²) >= 11 is 0. The van der Waals surface area contributed by atoms with Crippen LogP contribution in [-0.2, 0) is 6.42 Å². The van der Waals surface area contributed by atoms with Crippen LogP contribution in [0.1, 0.15) is 37.8 Å². The minimum atomic E-state index is 0.248. The van der Waals surface area contributed by atoms with Gasteiger partial charge < -0.3 is 9.84 Å². The van der Waals surface area contributed by atoms with Gasteiger partial charge in [-0.25, -0.2) is 0 Å². The Morgan fingerprint density at radius 3 is 2.83 bits per heavy atom. The summed E-state index contributed by atoms with van der Waals surface area (Å²) < 4.78 is 5.96. The van der Waals surface area contributed by atoms with Crippen LogP contribution in [0.5, 0.6) is 5.75 Å². The number of aryl methyl sites for hydroxylation is 1. The summed E-state index contributed by atoms with van der Waals surface area (Å²) in [5.41, 5.74) is 2.61. The first-order valence-corrected chi connectivity index (χ1v) is 6.95. The van der Waals surface area contributed by atoms with E-state index in [1.54, 1.807) is 0 Å². The predicted molar refractivity (Wildman–Crippen MR) is 73.9 cm³/mol. The molecule has 100 valence electrons.